The van der Waals surface area contributed by atoms with E-state index in [-0.39, 0.29) is 29.1 Å². The number of esters is 1. The number of benzene rings is 1. The maximum Gasteiger partial charge on any atom is 0.339 e. The highest BCUT2D eigenvalue weighted by atomic mass is 16.5. The molecular formula is C23H26N2O4. The van der Waals surface area contributed by atoms with E-state index in [1.165, 1.54) is 44.6 Å². The second-order valence-electron chi connectivity index (χ2n) is 9.36. The van der Waals surface area contributed by atoms with Gasteiger partial charge in [0.15, 0.2) is 6.61 Å². The van der Waals surface area contributed by atoms with Gasteiger partial charge < -0.3 is 15.0 Å². The van der Waals surface area contributed by atoms with E-state index >= 15 is 0 Å². The number of hydrogen-bond donors (Lipinski definition) is 2. The molecular weight excluding hydrogens is 368 g/mol. The van der Waals surface area contributed by atoms with Gasteiger partial charge in [-0.2, -0.15) is 0 Å². The van der Waals surface area contributed by atoms with Gasteiger partial charge in [-0.15, -0.1) is 0 Å². The Balaban J connectivity index is 1.20. The number of ether oxygens (including phenoxy) is 1. The molecule has 0 aliphatic heterocycles. The van der Waals surface area contributed by atoms with Crippen LogP contribution in [0.1, 0.15) is 48.9 Å². The lowest BCUT2D eigenvalue weighted by Crippen LogP contribution is -2.51. The summed E-state index contributed by atoms with van der Waals surface area (Å²) in [4.78, 5) is 39.3. The molecule has 4 aliphatic rings. The van der Waals surface area contributed by atoms with Gasteiger partial charge in [0.05, 0.1) is 5.56 Å². The number of para-hydroxylation sites is 1. The summed E-state index contributed by atoms with van der Waals surface area (Å²) in [5.74, 6) is 1.57. The quantitative estimate of drug-likeness (QED) is 0.763. The predicted molar refractivity (Wildman–Crippen MR) is 108 cm³/mol. The third-order valence-corrected chi connectivity index (χ3v) is 7.13. The van der Waals surface area contributed by atoms with Crippen LogP contribution in [0.2, 0.25) is 0 Å². The number of amides is 1. The minimum atomic E-state index is -0.655. The number of carbonyl (C=O) groups is 2. The molecule has 2 aromatic rings. The smallest absolute Gasteiger partial charge is 0.339 e. The van der Waals surface area contributed by atoms with Gasteiger partial charge in [-0.25, -0.2) is 4.79 Å². The minimum Gasteiger partial charge on any atom is -0.452 e. The Bertz CT molecular complexity index is 990. The fourth-order valence-corrected chi connectivity index (χ4v) is 6.43. The zero-order valence-corrected chi connectivity index (χ0v) is 16.4. The van der Waals surface area contributed by atoms with Crippen LogP contribution in [-0.2, 0) is 9.53 Å². The average molecular weight is 394 g/mol. The lowest BCUT2D eigenvalue weighted by Gasteiger charge is -2.56. The number of H-pyrrole nitrogens is 1. The fraction of sp³-hybridized carbons (Fsp3) is 0.522. The number of carbonyl (C=O) groups excluding carboxylic acids is 2. The van der Waals surface area contributed by atoms with Crippen molar-refractivity contribution in [2.45, 2.75) is 38.5 Å². The maximum absolute atomic E-state index is 12.5. The van der Waals surface area contributed by atoms with Crippen molar-refractivity contribution >= 4 is 22.8 Å². The second kappa shape index (κ2) is 7.01. The molecule has 6 heteroatoms. The number of rotatable bonds is 5. The Hall–Kier alpha value is -2.63. The van der Waals surface area contributed by atoms with Gasteiger partial charge in [-0.05, 0) is 67.8 Å². The molecule has 6 rings (SSSR count). The van der Waals surface area contributed by atoms with Crippen LogP contribution in [0.5, 0.6) is 0 Å². The summed E-state index contributed by atoms with van der Waals surface area (Å²) in [6.07, 6.45) is 7.77. The normalized spacial score (nSPS) is 29.7. The van der Waals surface area contributed by atoms with Gasteiger partial charge in [0.25, 0.3) is 5.91 Å². The minimum absolute atomic E-state index is 0.179. The summed E-state index contributed by atoms with van der Waals surface area (Å²) in [7, 11) is 0. The number of aromatic amines is 1. The molecule has 4 fully saturated rings. The van der Waals surface area contributed by atoms with E-state index in [0.717, 1.165) is 17.8 Å². The van der Waals surface area contributed by atoms with Crippen LogP contribution in [0.15, 0.2) is 35.1 Å². The van der Waals surface area contributed by atoms with Crippen LogP contribution in [-0.4, -0.2) is 30.0 Å². The molecule has 4 bridgehead atoms. The fourth-order valence-electron chi connectivity index (χ4n) is 6.43. The van der Waals surface area contributed by atoms with Crippen LogP contribution in [0.4, 0.5) is 0 Å². The molecule has 1 heterocycles. The summed E-state index contributed by atoms with van der Waals surface area (Å²) in [5, 5.41) is 3.61. The number of fused-ring (bicyclic) bond motifs is 1. The third-order valence-electron chi connectivity index (χ3n) is 7.13. The van der Waals surface area contributed by atoms with E-state index in [4.69, 9.17) is 4.74 Å². The molecule has 0 radical (unpaired) electrons. The molecule has 0 saturated heterocycles. The van der Waals surface area contributed by atoms with Crippen LogP contribution in [0.3, 0.4) is 0 Å². The van der Waals surface area contributed by atoms with Crippen LogP contribution in [0.25, 0.3) is 10.9 Å². The van der Waals surface area contributed by atoms with Crippen molar-refractivity contribution in [3.63, 3.8) is 0 Å². The van der Waals surface area contributed by atoms with Crippen molar-refractivity contribution in [3.05, 3.63) is 46.2 Å². The maximum atomic E-state index is 12.5. The van der Waals surface area contributed by atoms with Gasteiger partial charge >= 0.3 is 5.97 Å². The SMILES string of the molecule is O=C(COC(=O)c1cc(=O)[nH]c2ccccc12)NCC12CC3CC(CC(C3)C1)C2. The van der Waals surface area contributed by atoms with E-state index in [9.17, 15) is 14.4 Å². The molecule has 2 N–H and O–H groups in total. The number of nitrogens with one attached hydrogen (secondary N) is 2. The summed E-state index contributed by atoms with van der Waals surface area (Å²) >= 11 is 0. The van der Waals surface area contributed by atoms with Crippen molar-refractivity contribution in [2.75, 3.05) is 13.2 Å². The zero-order valence-electron chi connectivity index (χ0n) is 16.4. The number of hydrogen-bond acceptors (Lipinski definition) is 4. The first-order valence-electron chi connectivity index (χ1n) is 10.6. The molecule has 0 spiro atoms. The van der Waals surface area contributed by atoms with E-state index in [1.54, 1.807) is 24.3 Å². The van der Waals surface area contributed by atoms with Crippen molar-refractivity contribution in [1.29, 1.82) is 0 Å². The molecule has 1 amide bonds. The van der Waals surface area contributed by atoms with E-state index < -0.39 is 5.97 Å². The summed E-state index contributed by atoms with van der Waals surface area (Å²) in [6.45, 7) is 0.354. The molecule has 0 unspecified atom stereocenters. The molecule has 0 atom stereocenters. The van der Waals surface area contributed by atoms with E-state index in [1.807, 2.05) is 0 Å². The van der Waals surface area contributed by atoms with Gasteiger partial charge in [-0.1, -0.05) is 18.2 Å². The Labute approximate surface area is 169 Å². The van der Waals surface area contributed by atoms with Gasteiger partial charge in [0, 0.05) is 23.5 Å². The zero-order chi connectivity index (χ0) is 20.0. The average Bonchev–Trinajstić information content (AvgIpc) is 2.69. The van der Waals surface area contributed by atoms with Gasteiger partial charge in [-0.3, -0.25) is 9.59 Å². The highest BCUT2D eigenvalue weighted by Crippen LogP contribution is 2.59. The first-order valence-corrected chi connectivity index (χ1v) is 10.6. The number of aromatic nitrogens is 1. The van der Waals surface area contributed by atoms with Crippen molar-refractivity contribution in [1.82, 2.24) is 10.3 Å². The molecule has 1 aromatic carbocycles. The lowest BCUT2D eigenvalue weighted by atomic mass is 9.49. The summed E-state index contributed by atoms with van der Waals surface area (Å²) in [5.41, 5.74) is 0.621. The van der Waals surface area contributed by atoms with E-state index in [0.29, 0.717) is 17.4 Å². The van der Waals surface area contributed by atoms with Crippen LogP contribution >= 0.6 is 0 Å². The van der Waals surface area contributed by atoms with Crippen molar-refractivity contribution < 1.29 is 14.3 Å². The Morgan fingerprint density at radius 1 is 1.07 bits per heavy atom. The van der Waals surface area contributed by atoms with Gasteiger partial charge in [0.1, 0.15) is 0 Å². The second-order valence-corrected chi connectivity index (χ2v) is 9.36. The van der Waals surface area contributed by atoms with Crippen LogP contribution in [0, 0.1) is 23.2 Å². The Morgan fingerprint density at radius 3 is 2.41 bits per heavy atom. The molecule has 4 saturated carbocycles. The van der Waals surface area contributed by atoms with Gasteiger partial charge in [0.2, 0.25) is 5.56 Å². The predicted octanol–water partition coefficient (Wildman–Crippen LogP) is 3.02. The monoisotopic (exact) mass is 394 g/mol. The van der Waals surface area contributed by atoms with E-state index in [2.05, 4.69) is 10.3 Å². The molecule has 4 aliphatic carbocycles. The van der Waals surface area contributed by atoms with Crippen LogP contribution < -0.4 is 10.9 Å². The highest BCUT2D eigenvalue weighted by Gasteiger charge is 2.50. The number of pyridine rings is 1. The molecule has 6 nitrogen and oxygen atoms in total. The van der Waals surface area contributed by atoms with Crippen molar-refractivity contribution in [3.8, 4) is 0 Å². The summed E-state index contributed by atoms with van der Waals surface area (Å²) in [6, 6.07) is 8.26. The standard InChI is InChI=1S/C23H26N2O4/c26-20-8-18(17-3-1-2-4-19(17)25-20)22(28)29-12-21(27)24-13-23-9-14-5-15(10-23)7-16(6-14)11-23/h1-4,8,14-16H,5-7,9-13H2,(H,24,27)(H,25,26). The first-order chi connectivity index (χ1) is 14.0. The largest absolute Gasteiger partial charge is 0.452 e. The topological polar surface area (TPSA) is 88.3 Å². The van der Waals surface area contributed by atoms with Crippen molar-refractivity contribution in [2.24, 2.45) is 23.2 Å². The third kappa shape index (κ3) is 3.56. The Kier molecular flexibility index (Phi) is 4.45. The molecule has 29 heavy (non-hydrogen) atoms. The summed E-state index contributed by atoms with van der Waals surface area (Å²) < 4.78 is 5.22. The molecule has 152 valence electrons. The highest BCUT2D eigenvalue weighted by molar-refractivity contribution is 6.03. The first kappa shape index (κ1) is 18.4. The Morgan fingerprint density at radius 2 is 1.72 bits per heavy atom. The molecule has 1 aromatic heterocycles. The lowest BCUT2D eigenvalue weighted by molar-refractivity contribution is -0.126.